The Labute approximate surface area is 156 Å². The minimum absolute atomic E-state index is 0.344. The van der Waals surface area contributed by atoms with Crippen LogP contribution in [0.5, 0.6) is 23.0 Å². The van der Waals surface area contributed by atoms with Crippen LogP contribution in [-0.2, 0) is 4.79 Å². The van der Waals surface area contributed by atoms with E-state index in [4.69, 9.17) is 30.5 Å². The average Bonchev–Trinajstić information content (AvgIpc) is 2.86. The molecule has 0 radical (unpaired) electrons. The lowest BCUT2D eigenvalue weighted by Gasteiger charge is -2.31. The van der Waals surface area contributed by atoms with Gasteiger partial charge in [-0.3, -0.25) is 4.79 Å². The highest BCUT2D eigenvalue weighted by atomic mass is 35.5. The standard InChI is InChI=1S/C19H18ClNO5/c1-11-18(26-15-6-3-2-5-14(15)25-11)19(22)21-13-10-17-16(9-12(13)20)23-7-4-8-24-17/h2-3,5-6,9-11,18H,4,7-8H2,1H3,(H,21,22)/t11-,18-/m1/s1. The molecule has 2 aliphatic heterocycles. The molecule has 26 heavy (non-hydrogen) atoms. The molecule has 2 aromatic carbocycles. The second kappa shape index (κ2) is 6.96. The molecule has 0 fully saturated rings. The molecule has 0 aromatic heterocycles. The minimum atomic E-state index is -0.794. The molecule has 2 aromatic rings. The maximum absolute atomic E-state index is 12.7. The maximum Gasteiger partial charge on any atom is 0.269 e. The Bertz CT molecular complexity index is 841. The predicted molar refractivity (Wildman–Crippen MR) is 96.6 cm³/mol. The van der Waals surface area contributed by atoms with Crippen molar-refractivity contribution >= 4 is 23.2 Å². The van der Waals surface area contributed by atoms with E-state index < -0.39 is 12.2 Å². The fraction of sp³-hybridized carbons (Fsp3) is 0.316. The number of fused-ring (bicyclic) bond motifs is 2. The van der Waals surface area contributed by atoms with Crippen molar-refractivity contribution in [1.29, 1.82) is 0 Å². The molecule has 2 heterocycles. The molecule has 2 atom stereocenters. The first-order valence-electron chi connectivity index (χ1n) is 8.44. The van der Waals surface area contributed by atoms with E-state index in [1.165, 1.54) is 0 Å². The fourth-order valence-electron chi connectivity index (χ4n) is 2.89. The summed E-state index contributed by atoms with van der Waals surface area (Å²) >= 11 is 6.29. The summed E-state index contributed by atoms with van der Waals surface area (Å²) in [6.07, 6.45) is -0.445. The number of anilines is 1. The first-order chi connectivity index (χ1) is 12.6. The Hall–Kier alpha value is -2.60. The third-order valence-corrected chi connectivity index (χ3v) is 4.51. The summed E-state index contributed by atoms with van der Waals surface area (Å²) in [5.74, 6) is 1.95. The normalized spacial score (nSPS) is 20.8. The number of halogens is 1. The predicted octanol–water partition coefficient (Wildman–Crippen LogP) is 3.67. The average molecular weight is 376 g/mol. The Morgan fingerprint density at radius 2 is 1.69 bits per heavy atom. The first-order valence-corrected chi connectivity index (χ1v) is 8.82. The second-order valence-corrected chi connectivity index (χ2v) is 6.53. The van der Waals surface area contributed by atoms with Crippen molar-refractivity contribution in [2.45, 2.75) is 25.6 Å². The number of carbonyl (C=O) groups is 1. The zero-order chi connectivity index (χ0) is 18.1. The van der Waals surface area contributed by atoms with E-state index in [1.54, 1.807) is 31.2 Å². The SMILES string of the molecule is C[C@H]1Oc2ccccc2O[C@H]1C(=O)Nc1cc2c(cc1Cl)OCCCO2. The van der Waals surface area contributed by atoms with Crippen LogP contribution in [0, 0.1) is 0 Å². The van der Waals surface area contributed by atoms with Gasteiger partial charge in [0.15, 0.2) is 23.0 Å². The van der Waals surface area contributed by atoms with Gasteiger partial charge >= 0.3 is 0 Å². The minimum Gasteiger partial charge on any atom is -0.490 e. The second-order valence-electron chi connectivity index (χ2n) is 6.13. The summed E-state index contributed by atoms with van der Waals surface area (Å²) in [6, 6.07) is 10.6. The van der Waals surface area contributed by atoms with Gasteiger partial charge in [0.25, 0.3) is 5.91 Å². The number of amides is 1. The molecule has 2 aliphatic rings. The molecule has 1 N–H and O–H groups in total. The van der Waals surface area contributed by atoms with Crippen LogP contribution in [0.2, 0.25) is 5.02 Å². The highest BCUT2D eigenvalue weighted by molar-refractivity contribution is 6.34. The van der Waals surface area contributed by atoms with Crippen LogP contribution in [0.1, 0.15) is 13.3 Å². The molecule has 136 valence electrons. The van der Waals surface area contributed by atoms with E-state index in [9.17, 15) is 4.79 Å². The molecule has 0 unspecified atom stereocenters. The summed E-state index contributed by atoms with van der Waals surface area (Å²) < 4.78 is 22.8. The van der Waals surface area contributed by atoms with Crippen LogP contribution in [0.3, 0.4) is 0 Å². The molecule has 0 saturated carbocycles. The van der Waals surface area contributed by atoms with Crippen LogP contribution in [0.4, 0.5) is 5.69 Å². The van der Waals surface area contributed by atoms with Crippen LogP contribution >= 0.6 is 11.6 Å². The molecule has 0 spiro atoms. The lowest BCUT2D eigenvalue weighted by Crippen LogP contribution is -2.46. The summed E-state index contributed by atoms with van der Waals surface area (Å²) in [4.78, 5) is 12.7. The molecular formula is C19H18ClNO5. The number of para-hydroxylation sites is 2. The van der Waals surface area contributed by atoms with Gasteiger partial charge in [0.2, 0.25) is 6.10 Å². The third-order valence-electron chi connectivity index (χ3n) is 4.20. The Balaban J connectivity index is 1.54. The number of hydrogen-bond donors (Lipinski definition) is 1. The first kappa shape index (κ1) is 16.8. The van der Waals surface area contributed by atoms with E-state index >= 15 is 0 Å². The van der Waals surface area contributed by atoms with Gasteiger partial charge in [-0.05, 0) is 19.1 Å². The largest absolute Gasteiger partial charge is 0.490 e. The molecule has 0 aliphatic carbocycles. The fourth-order valence-corrected chi connectivity index (χ4v) is 3.09. The molecule has 7 heteroatoms. The summed E-state index contributed by atoms with van der Waals surface area (Å²) in [7, 11) is 0. The lowest BCUT2D eigenvalue weighted by atomic mass is 10.1. The van der Waals surface area contributed by atoms with Gasteiger partial charge in [-0.25, -0.2) is 0 Å². The molecular weight excluding hydrogens is 358 g/mol. The van der Waals surface area contributed by atoms with Gasteiger partial charge < -0.3 is 24.3 Å². The summed E-state index contributed by atoms with van der Waals surface area (Å²) in [6.45, 7) is 2.91. The number of nitrogens with one attached hydrogen (secondary N) is 1. The van der Waals surface area contributed by atoms with E-state index in [0.717, 1.165) is 6.42 Å². The van der Waals surface area contributed by atoms with E-state index in [-0.39, 0.29) is 5.91 Å². The highest BCUT2D eigenvalue weighted by Crippen LogP contribution is 2.38. The summed E-state index contributed by atoms with van der Waals surface area (Å²) in [5, 5.41) is 3.17. The van der Waals surface area contributed by atoms with Crippen molar-refractivity contribution < 1.29 is 23.7 Å². The van der Waals surface area contributed by atoms with Crippen LogP contribution in [0.25, 0.3) is 0 Å². The quantitative estimate of drug-likeness (QED) is 0.867. The number of rotatable bonds is 2. The molecule has 0 saturated heterocycles. The van der Waals surface area contributed by atoms with Crippen LogP contribution < -0.4 is 24.3 Å². The van der Waals surface area contributed by atoms with E-state index in [2.05, 4.69) is 5.32 Å². The van der Waals surface area contributed by atoms with Crippen molar-refractivity contribution in [2.24, 2.45) is 0 Å². The van der Waals surface area contributed by atoms with Crippen LogP contribution in [-0.4, -0.2) is 31.3 Å². The molecule has 0 bridgehead atoms. The molecule has 4 rings (SSSR count). The third kappa shape index (κ3) is 3.24. The topological polar surface area (TPSA) is 66.0 Å². The van der Waals surface area contributed by atoms with Gasteiger partial charge in [0.05, 0.1) is 23.9 Å². The van der Waals surface area contributed by atoms with Crippen molar-refractivity contribution in [2.75, 3.05) is 18.5 Å². The number of benzene rings is 2. The van der Waals surface area contributed by atoms with Crippen molar-refractivity contribution in [3.63, 3.8) is 0 Å². The zero-order valence-electron chi connectivity index (χ0n) is 14.2. The van der Waals surface area contributed by atoms with Crippen molar-refractivity contribution in [1.82, 2.24) is 0 Å². The Morgan fingerprint density at radius 3 is 2.42 bits per heavy atom. The van der Waals surface area contributed by atoms with Gasteiger partial charge in [-0.2, -0.15) is 0 Å². The van der Waals surface area contributed by atoms with E-state index in [1.807, 2.05) is 12.1 Å². The van der Waals surface area contributed by atoms with Gasteiger partial charge in [0, 0.05) is 18.6 Å². The van der Waals surface area contributed by atoms with Gasteiger partial charge in [-0.1, -0.05) is 23.7 Å². The van der Waals surface area contributed by atoms with Gasteiger partial charge in [-0.15, -0.1) is 0 Å². The molecule has 6 nitrogen and oxygen atoms in total. The number of carbonyl (C=O) groups excluding carboxylic acids is 1. The number of hydrogen-bond acceptors (Lipinski definition) is 5. The lowest BCUT2D eigenvalue weighted by molar-refractivity contribution is -0.128. The van der Waals surface area contributed by atoms with Crippen LogP contribution in [0.15, 0.2) is 36.4 Å². The van der Waals surface area contributed by atoms with Crippen molar-refractivity contribution in [3.05, 3.63) is 41.4 Å². The van der Waals surface area contributed by atoms with Crippen molar-refractivity contribution in [3.8, 4) is 23.0 Å². The zero-order valence-corrected chi connectivity index (χ0v) is 14.9. The van der Waals surface area contributed by atoms with Gasteiger partial charge in [0.1, 0.15) is 6.10 Å². The molecule has 1 amide bonds. The Kier molecular flexibility index (Phi) is 4.51. The smallest absolute Gasteiger partial charge is 0.269 e. The number of ether oxygens (including phenoxy) is 4. The monoisotopic (exact) mass is 375 g/mol. The Morgan fingerprint density at radius 1 is 1.04 bits per heavy atom. The maximum atomic E-state index is 12.7. The highest BCUT2D eigenvalue weighted by Gasteiger charge is 2.34. The summed E-state index contributed by atoms with van der Waals surface area (Å²) in [5.41, 5.74) is 0.440. The van der Waals surface area contributed by atoms with E-state index in [0.29, 0.717) is 46.9 Å².